The molecular formula is C12H11BrN4OS. The largest absolute Gasteiger partial charge is 0.375 e. The molecule has 0 saturated carbocycles. The predicted molar refractivity (Wildman–Crippen MR) is 80.2 cm³/mol. The number of carbonyl (C=O) groups excluding carboxylic acids is 1. The second-order valence-corrected chi connectivity index (χ2v) is 6.41. The number of rotatable bonds is 1. The van der Waals surface area contributed by atoms with E-state index in [4.69, 9.17) is 5.73 Å². The zero-order valence-electron chi connectivity index (χ0n) is 10.1. The lowest BCUT2D eigenvalue weighted by atomic mass is 9.94. The van der Waals surface area contributed by atoms with Crippen molar-refractivity contribution in [3.8, 4) is 0 Å². The van der Waals surface area contributed by atoms with Crippen molar-refractivity contribution in [1.82, 2.24) is 10.4 Å². The molecule has 1 amide bonds. The number of hydrazone groups is 1. The molecule has 98 valence electrons. The zero-order valence-corrected chi connectivity index (χ0v) is 12.5. The molecule has 1 unspecified atom stereocenters. The van der Waals surface area contributed by atoms with Crippen molar-refractivity contribution in [2.75, 3.05) is 5.73 Å². The maximum absolute atomic E-state index is 11.3. The fourth-order valence-electron chi connectivity index (χ4n) is 2.16. The molecule has 1 aliphatic heterocycles. The molecule has 0 radical (unpaired) electrons. The number of amides is 1. The van der Waals surface area contributed by atoms with E-state index in [-0.39, 0.29) is 11.8 Å². The molecule has 2 aromatic rings. The lowest BCUT2D eigenvalue weighted by Crippen LogP contribution is -2.31. The Morgan fingerprint density at radius 3 is 3.05 bits per heavy atom. The highest BCUT2D eigenvalue weighted by atomic mass is 79.9. The normalized spacial score (nSPS) is 19.4. The van der Waals surface area contributed by atoms with Gasteiger partial charge in [0.1, 0.15) is 0 Å². The van der Waals surface area contributed by atoms with Gasteiger partial charge in [0.05, 0.1) is 15.9 Å². The number of hydrogen-bond acceptors (Lipinski definition) is 5. The third-order valence-corrected chi connectivity index (χ3v) is 4.46. The van der Waals surface area contributed by atoms with Crippen LogP contribution < -0.4 is 11.2 Å². The van der Waals surface area contributed by atoms with E-state index in [1.54, 1.807) is 0 Å². The Balaban J connectivity index is 2.13. The molecule has 1 aliphatic rings. The van der Waals surface area contributed by atoms with Gasteiger partial charge in [-0.2, -0.15) is 5.10 Å². The van der Waals surface area contributed by atoms with E-state index in [0.717, 1.165) is 26.0 Å². The highest BCUT2D eigenvalue weighted by Crippen LogP contribution is 2.32. The molecular weight excluding hydrogens is 328 g/mol. The average Bonchev–Trinajstić information content (AvgIpc) is 2.70. The standard InChI is InChI=1S/C12H11BrN4OS/c1-5-2-9(18)16-17-10(5)6-3-7(13)11-8(4-6)19-12(14)15-11/h3-5H,2H2,1H3,(H2,14,15)(H,16,18). The van der Waals surface area contributed by atoms with Gasteiger partial charge in [-0.25, -0.2) is 10.4 Å². The number of fused-ring (bicyclic) bond motifs is 1. The molecule has 3 rings (SSSR count). The minimum atomic E-state index is -0.0431. The number of thiazole rings is 1. The summed E-state index contributed by atoms with van der Waals surface area (Å²) in [5.41, 5.74) is 11.0. The zero-order chi connectivity index (χ0) is 13.6. The van der Waals surface area contributed by atoms with Gasteiger partial charge in [0.25, 0.3) is 0 Å². The number of carbonyl (C=O) groups is 1. The monoisotopic (exact) mass is 338 g/mol. The van der Waals surface area contributed by atoms with Crippen LogP contribution >= 0.6 is 27.3 Å². The number of nitrogens with one attached hydrogen (secondary N) is 1. The number of nitrogens with zero attached hydrogens (tertiary/aromatic N) is 2. The van der Waals surface area contributed by atoms with E-state index in [0.29, 0.717) is 11.6 Å². The van der Waals surface area contributed by atoms with Crippen LogP contribution in [0.2, 0.25) is 0 Å². The van der Waals surface area contributed by atoms with Crippen LogP contribution in [0, 0.1) is 5.92 Å². The Morgan fingerprint density at radius 2 is 2.32 bits per heavy atom. The maximum Gasteiger partial charge on any atom is 0.240 e. The maximum atomic E-state index is 11.3. The summed E-state index contributed by atoms with van der Waals surface area (Å²) in [6.07, 6.45) is 0.458. The van der Waals surface area contributed by atoms with Crippen LogP contribution in [-0.2, 0) is 4.79 Å². The summed E-state index contributed by atoms with van der Waals surface area (Å²) in [5.74, 6) is 0.0572. The summed E-state index contributed by atoms with van der Waals surface area (Å²) in [6.45, 7) is 2.00. The molecule has 3 N–H and O–H groups in total. The SMILES string of the molecule is CC1CC(=O)NN=C1c1cc(Br)c2nc(N)sc2c1. The van der Waals surface area contributed by atoms with Crippen molar-refractivity contribution >= 4 is 54.2 Å². The van der Waals surface area contributed by atoms with Crippen LogP contribution in [0.25, 0.3) is 10.2 Å². The summed E-state index contributed by atoms with van der Waals surface area (Å²) >= 11 is 4.95. The summed E-state index contributed by atoms with van der Waals surface area (Å²) in [4.78, 5) is 15.6. The van der Waals surface area contributed by atoms with E-state index in [1.165, 1.54) is 11.3 Å². The number of nitrogen functional groups attached to an aromatic ring is 1. The van der Waals surface area contributed by atoms with Crippen LogP contribution in [0.1, 0.15) is 18.9 Å². The van der Waals surface area contributed by atoms with Gasteiger partial charge in [0.15, 0.2) is 5.13 Å². The van der Waals surface area contributed by atoms with Gasteiger partial charge in [0, 0.05) is 22.4 Å². The lowest BCUT2D eigenvalue weighted by molar-refractivity contribution is -0.121. The topological polar surface area (TPSA) is 80.4 Å². The fraction of sp³-hybridized carbons (Fsp3) is 0.250. The Kier molecular flexibility index (Phi) is 3.02. The molecule has 2 heterocycles. The minimum absolute atomic E-state index is 0.0431. The number of benzene rings is 1. The Bertz CT molecular complexity index is 709. The van der Waals surface area contributed by atoms with Crippen LogP contribution in [0.15, 0.2) is 21.7 Å². The summed E-state index contributed by atoms with van der Waals surface area (Å²) < 4.78 is 1.90. The summed E-state index contributed by atoms with van der Waals surface area (Å²) in [5, 5.41) is 4.71. The quantitative estimate of drug-likeness (QED) is 0.838. The smallest absolute Gasteiger partial charge is 0.240 e. The van der Waals surface area contributed by atoms with E-state index in [9.17, 15) is 4.79 Å². The van der Waals surface area contributed by atoms with E-state index in [2.05, 4.69) is 31.4 Å². The molecule has 0 spiro atoms. The minimum Gasteiger partial charge on any atom is -0.375 e. The van der Waals surface area contributed by atoms with Gasteiger partial charge in [-0.1, -0.05) is 18.3 Å². The average molecular weight is 339 g/mol. The van der Waals surface area contributed by atoms with Gasteiger partial charge in [-0.15, -0.1) is 0 Å². The first-order valence-corrected chi connectivity index (χ1v) is 7.38. The fourth-order valence-corrected chi connectivity index (χ4v) is 3.64. The van der Waals surface area contributed by atoms with Crippen LogP contribution in [0.4, 0.5) is 5.13 Å². The van der Waals surface area contributed by atoms with E-state index in [1.807, 2.05) is 19.1 Å². The molecule has 5 nitrogen and oxygen atoms in total. The van der Waals surface area contributed by atoms with Gasteiger partial charge in [0.2, 0.25) is 5.91 Å². The molecule has 1 atom stereocenters. The molecule has 7 heteroatoms. The van der Waals surface area contributed by atoms with Crippen molar-refractivity contribution in [3.63, 3.8) is 0 Å². The van der Waals surface area contributed by atoms with E-state index < -0.39 is 0 Å². The Labute approximate surface area is 122 Å². The van der Waals surface area contributed by atoms with Crippen LogP contribution in [0.5, 0.6) is 0 Å². The first-order chi connectivity index (χ1) is 9.04. The third kappa shape index (κ3) is 2.23. The number of nitrogens with two attached hydrogens (primary N) is 1. The number of hydrogen-bond donors (Lipinski definition) is 2. The number of aromatic nitrogens is 1. The molecule has 1 aromatic carbocycles. The molecule has 19 heavy (non-hydrogen) atoms. The number of anilines is 1. The van der Waals surface area contributed by atoms with Crippen molar-refractivity contribution in [2.24, 2.45) is 11.0 Å². The van der Waals surface area contributed by atoms with Crippen molar-refractivity contribution in [2.45, 2.75) is 13.3 Å². The first kappa shape index (κ1) is 12.6. The third-order valence-electron chi connectivity index (χ3n) is 3.02. The van der Waals surface area contributed by atoms with Gasteiger partial charge in [-0.05, 0) is 28.1 Å². The van der Waals surface area contributed by atoms with Gasteiger partial charge in [-0.3, -0.25) is 4.79 Å². The lowest BCUT2D eigenvalue weighted by Gasteiger charge is -2.19. The predicted octanol–water partition coefficient (Wildman–Crippen LogP) is 2.50. The molecule has 0 aliphatic carbocycles. The highest BCUT2D eigenvalue weighted by molar-refractivity contribution is 9.10. The highest BCUT2D eigenvalue weighted by Gasteiger charge is 2.22. The van der Waals surface area contributed by atoms with Gasteiger partial charge < -0.3 is 5.73 Å². The Hall–Kier alpha value is -1.47. The van der Waals surface area contributed by atoms with Crippen molar-refractivity contribution in [1.29, 1.82) is 0 Å². The summed E-state index contributed by atoms with van der Waals surface area (Å²) in [6, 6.07) is 3.98. The number of halogens is 1. The van der Waals surface area contributed by atoms with Gasteiger partial charge >= 0.3 is 0 Å². The summed E-state index contributed by atoms with van der Waals surface area (Å²) in [7, 11) is 0. The molecule has 1 aromatic heterocycles. The van der Waals surface area contributed by atoms with E-state index >= 15 is 0 Å². The van der Waals surface area contributed by atoms with Crippen LogP contribution in [-0.4, -0.2) is 16.6 Å². The van der Waals surface area contributed by atoms with Crippen molar-refractivity contribution in [3.05, 3.63) is 22.2 Å². The molecule has 0 bridgehead atoms. The first-order valence-electron chi connectivity index (χ1n) is 5.77. The van der Waals surface area contributed by atoms with Crippen molar-refractivity contribution < 1.29 is 4.79 Å². The second kappa shape index (κ2) is 4.57. The molecule has 0 saturated heterocycles. The Morgan fingerprint density at radius 1 is 1.53 bits per heavy atom. The second-order valence-electron chi connectivity index (χ2n) is 4.49. The molecule has 0 fully saturated rings. The van der Waals surface area contributed by atoms with Crippen LogP contribution in [0.3, 0.4) is 0 Å².